The van der Waals surface area contributed by atoms with Crippen molar-refractivity contribution in [1.29, 1.82) is 0 Å². The van der Waals surface area contributed by atoms with Crippen LogP contribution in [-0.4, -0.2) is 23.8 Å². The maximum absolute atomic E-state index is 5.66. The molecule has 0 radical (unpaired) electrons. The lowest BCUT2D eigenvalue weighted by atomic mass is 10.2. The summed E-state index contributed by atoms with van der Waals surface area (Å²) in [5.41, 5.74) is 2.24. The Bertz CT molecular complexity index is 550. The molecule has 5 nitrogen and oxygen atoms in total. The van der Waals surface area contributed by atoms with E-state index in [1.54, 1.807) is 0 Å². The third-order valence-electron chi connectivity index (χ3n) is 2.96. The van der Waals surface area contributed by atoms with Crippen LogP contribution in [0.4, 0.5) is 11.7 Å². The first kappa shape index (κ1) is 14.5. The van der Waals surface area contributed by atoms with Crippen molar-refractivity contribution in [3.63, 3.8) is 0 Å². The monoisotopic (exact) mass is 274 g/mol. The van der Waals surface area contributed by atoms with Crippen LogP contribution in [0.3, 0.4) is 0 Å². The molecule has 0 saturated heterocycles. The Labute approximate surface area is 120 Å². The summed E-state index contributed by atoms with van der Waals surface area (Å²) >= 11 is 0. The molecular weight excluding hydrogens is 252 g/mol. The zero-order valence-corrected chi connectivity index (χ0v) is 12.6. The van der Waals surface area contributed by atoms with E-state index in [2.05, 4.69) is 48.4 Å². The minimum atomic E-state index is 0.511. The average Bonchev–Trinajstić information content (AvgIpc) is 2.86. The van der Waals surface area contributed by atoms with Gasteiger partial charge >= 0.3 is 6.01 Å². The van der Waals surface area contributed by atoms with Crippen LogP contribution in [0.1, 0.15) is 25.3 Å². The van der Waals surface area contributed by atoms with Crippen molar-refractivity contribution in [2.24, 2.45) is 5.92 Å². The molecule has 1 aromatic heterocycles. The summed E-state index contributed by atoms with van der Waals surface area (Å²) in [5.74, 6) is 1.22. The van der Waals surface area contributed by atoms with Gasteiger partial charge in [0.05, 0.1) is 6.54 Å². The highest BCUT2D eigenvalue weighted by molar-refractivity contribution is 5.55. The van der Waals surface area contributed by atoms with E-state index in [9.17, 15) is 0 Å². The second-order valence-corrected chi connectivity index (χ2v) is 5.40. The van der Waals surface area contributed by atoms with Crippen molar-refractivity contribution in [2.45, 2.75) is 27.3 Å². The number of aromatic nitrogens is 2. The largest absolute Gasteiger partial charge is 0.406 e. The van der Waals surface area contributed by atoms with E-state index < -0.39 is 0 Å². The first-order valence-corrected chi connectivity index (χ1v) is 6.89. The number of hydrogen-bond donors (Lipinski definition) is 1. The number of aryl methyl sites for hydroxylation is 1. The van der Waals surface area contributed by atoms with Crippen molar-refractivity contribution in [3.8, 4) is 0 Å². The standard InChI is InChI=1S/C15H22N4O/c1-11(2)9-16-10-14-17-18-15(20-14)19(4)13-7-5-6-12(3)8-13/h5-8,11,16H,9-10H2,1-4H3. The van der Waals surface area contributed by atoms with Gasteiger partial charge in [0.15, 0.2) is 0 Å². The maximum Gasteiger partial charge on any atom is 0.322 e. The molecule has 1 N–H and O–H groups in total. The van der Waals surface area contributed by atoms with Gasteiger partial charge in [-0.1, -0.05) is 31.1 Å². The second kappa shape index (κ2) is 6.52. The molecule has 0 aliphatic heterocycles. The van der Waals surface area contributed by atoms with E-state index in [4.69, 9.17) is 4.42 Å². The summed E-state index contributed by atoms with van der Waals surface area (Å²) < 4.78 is 5.66. The normalized spacial score (nSPS) is 11.1. The average molecular weight is 274 g/mol. The van der Waals surface area contributed by atoms with Crippen molar-refractivity contribution >= 4 is 11.7 Å². The van der Waals surface area contributed by atoms with E-state index in [-0.39, 0.29) is 0 Å². The Hall–Kier alpha value is -1.88. The lowest BCUT2D eigenvalue weighted by Crippen LogP contribution is -2.19. The van der Waals surface area contributed by atoms with Crippen LogP contribution in [-0.2, 0) is 6.54 Å². The summed E-state index contributed by atoms with van der Waals surface area (Å²) in [5, 5.41) is 11.4. The molecule has 0 aliphatic carbocycles. The van der Waals surface area contributed by atoms with Gasteiger partial charge in [0, 0.05) is 12.7 Å². The number of hydrogen-bond acceptors (Lipinski definition) is 5. The predicted octanol–water partition coefficient (Wildman–Crippen LogP) is 2.89. The van der Waals surface area contributed by atoms with E-state index in [1.165, 1.54) is 5.56 Å². The molecule has 5 heteroatoms. The Morgan fingerprint density at radius 3 is 2.80 bits per heavy atom. The van der Waals surface area contributed by atoms with Gasteiger partial charge in [0.25, 0.3) is 0 Å². The molecule has 0 fully saturated rings. The van der Waals surface area contributed by atoms with E-state index >= 15 is 0 Å². The fourth-order valence-corrected chi connectivity index (χ4v) is 1.87. The van der Waals surface area contributed by atoms with Crippen molar-refractivity contribution < 1.29 is 4.42 Å². The van der Waals surface area contributed by atoms with Crippen molar-refractivity contribution in [2.75, 3.05) is 18.5 Å². The van der Waals surface area contributed by atoms with Crippen LogP contribution >= 0.6 is 0 Å². The second-order valence-electron chi connectivity index (χ2n) is 5.40. The molecule has 20 heavy (non-hydrogen) atoms. The zero-order valence-electron chi connectivity index (χ0n) is 12.6. The highest BCUT2D eigenvalue weighted by atomic mass is 16.4. The lowest BCUT2D eigenvalue weighted by molar-refractivity contribution is 0.455. The molecule has 0 saturated carbocycles. The Morgan fingerprint density at radius 2 is 2.10 bits per heavy atom. The van der Waals surface area contributed by atoms with Gasteiger partial charge in [-0.25, -0.2) is 0 Å². The van der Waals surface area contributed by atoms with E-state index in [1.807, 2.05) is 24.1 Å². The molecular formula is C15H22N4O. The number of benzene rings is 1. The summed E-state index contributed by atoms with van der Waals surface area (Å²) in [7, 11) is 1.92. The Balaban J connectivity index is 2.01. The summed E-state index contributed by atoms with van der Waals surface area (Å²) in [6.07, 6.45) is 0. The zero-order chi connectivity index (χ0) is 14.5. The molecule has 0 bridgehead atoms. The van der Waals surface area contributed by atoms with E-state index in [0.29, 0.717) is 24.4 Å². The number of anilines is 2. The number of nitrogens with one attached hydrogen (secondary N) is 1. The SMILES string of the molecule is Cc1cccc(N(C)c2nnc(CNCC(C)C)o2)c1. The summed E-state index contributed by atoms with van der Waals surface area (Å²) in [6.45, 7) is 7.93. The number of nitrogens with zero attached hydrogens (tertiary/aromatic N) is 3. The first-order valence-electron chi connectivity index (χ1n) is 6.89. The molecule has 0 aliphatic rings. The predicted molar refractivity (Wildman–Crippen MR) is 80.1 cm³/mol. The van der Waals surface area contributed by atoms with Crippen LogP contribution in [0.2, 0.25) is 0 Å². The number of rotatable bonds is 6. The van der Waals surface area contributed by atoms with Gasteiger partial charge < -0.3 is 9.73 Å². The first-order chi connectivity index (χ1) is 9.56. The van der Waals surface area contributed by atoms with Crippen molar-refractivity contribution in [1.82, 2.24) is 15.5 Å². The van der Waals surface area contributed by atoms with Crippen LogP contribution < -0.4 is 10.2 Å². The highest BCUT2D eigenvalue weighted by Gasteiger charge is 2.12. The van der Waals surface area contributed by atoms with Crippen LogP contribution in [0.15, 0.2) is 28.7 Å². The molecule has 0 atom stereocenters. The van der Waals surface area contributed by atoms with Gasteiger partial charge in [-0.2, -0.15) is 0 Å². The molecule has 0 unspecified atom stereocenters. The summed E-state index contributed by atoms with van der Waals surface area (Å²) in [6, 6.07) is 8.70. The third-order valence-corrected chi connectivity index (χ3v) is 2.96. The third kappa shape index (κ3) is 3.81. The van der Waals surface area contributed by atoms with Gasteiger partial charge in [0.1, 0.15) is 0 Å². The molecule has 108 valence electrons. The minimum Gasteiger partial charge on any atom is -0.406 e. The van der Waals surface area contributed by atoms with E-state index in [0.717, 1.165) is 12.2 Å². The molecule has 2 rings (SSSR count). The van der Waals surface area contributed by atoms with Crippen LogP contribution in [0.5, 0.6) is 0 Å². The molecule has 1 heterocycles. The molecule has 0 amide bonds. The topological polar surface area (TPSA) is 54.2 Å². The molecule has 0 spiro atoms. The van der Waals surface area contributed by atoms with Gasteiger partial charge in [0.2, 0.25) is 5.89 Å². The molecule has 2 aromatic rings. The van der Waals surface area contributed by atoms with Gasteiger partial charge in [-0.15, -0.1) is 5.10 Å². The maximum atomic E-state index is 5.66. The van der Waals surface area contributed by atoms with Crippen LogP contribution in [0, 0.1) is 12.8 Å². The smallest absolute Gasteiger partial charge is 0.322 e. The lowest BCUT2D eigenvalue weighted by Gasteiger charge is -2.14. The summed E-state index contributed by atoms with van der Waals surface area (Å²) in [4.78, 5) is 1.89. The van der Waals surface area contributed by atoms with Gasteiger partial charge in [-0.05, 0) is 37.1 Å². The Kier molecular flexibility index (Phi) is 4.74. The molecule has 1 aromatic carbocycles. The quantitative estimate of drug-likeness (QED) is 0.877. The minimum absolute atomic E-state index is 0.511. The van der Waals surface area contributed by atoms with Gasteiger partial charge in [-0.3, -0.25) is 4.90 Å². The Morgan fingerprint density at radius 1 is 1.30 bits per heavy atom. The van der Waals surface area contributed by atoms with Crippen molar-refractivity contribution in [3.05, 3.63) is 35.7 Å². The highest BCUT2D eigenvalue weighted by Crippen LogP contribution is 2.22. The fourth-order valence-electron chi connectivity index (χ4n) is 1.87. The van der Waals surface area contributed by atoms with Crippen LogP contribution in [0.25, 0.3) is 0 Å². The fraction of sp³-hybridized carbons (Fsp3) is 0.467.